The standard InChI is InChI=1S/C32H25F4N3O4/c1-17-10-18(2)12-23(11-17)39-28-15-21(32(34,35)36)7-9-25(28)27(16-29(39)40)38-37-26-5-3-4-24(30(26)41)19-6-8-22(33)14-20(13-19)31(42)43/h3-15,20,37,41H,16H2,1-2H3,(H,42,43)/b38-27+. The van der Waals surface area contributed by atoms with Crippen LogP contribution < -0.4 is 10.3 Å². The third-order valence-corrected chi connectivity index (χ3v) is 6.97. The number of para-hydroxylation sites is 1. The van der Waals surface area contributed by atoms with Crippen LogP contribution in [0.1, 0.15) is 34.2 Å². The molecular formula is C32H25F4N3O4. The summed E-state index contributed by atoms with van der Waals surface area (Å²) in [4.78, 5) is 26.2. The number of amides is 1. The highest BCUT2D eigenvalue weighted by molar-refractivity contribution is 6.24. The first-order valence-electron chi connectivity index (χ1n) is 13.1. The SMILES string of the molecule is Cc1cc(C)cc(N2C(=O)C/C(=N\Nc3cccc(C4=CC(C(=O)O)C=C(F)C=C4)c3O)c3ccc(C(F)(F)F)cc32)c1. The first kappa shape index (κ1) is 29.3. The molecule has 1 aliphatic heterocycles. The molecule has 3 aromatic carbocycles. The van der Waals surface area contributed by atoms with Crippen LogP contribution in [0.2, 0.25) is 0 Å². The van der Waals surface area contributed by atoms with Crippen LogP contribution >= 0.6 is 0 Å². The van der Waals surface area contributed by atoms with Gasteiger partial charge in [-0.05, 0) is 73.0 Å². The van der Waals surface area contributed by atoms with E-state index in [1.165, 1.54) is 35.3 Å². The number of allylic oxidation sites excluding steroid dienone is 4. The van der Waals surface area contributed by atoms with Crippen LogP contribution in [0.4, 0.5) is 34.6 Å². The molecule has 1 aliphatic carbocycles. The lowest BCUT2D eigenvalue weighted by Crippen LogP contribution is -2.35. The number of aliphatic carboxylic acids is 1. The summed E-state index contributed by atoms with van der Waals surface area (Å²) in [6.45, 7) is 3.65. The van der Waals surface area contributed by atoms with Crippen molar-refractivity contribution >= 4 is 40.2 Å². The number of nitrogens with one attached hydrogen (secondary N) is 1. The van der Waals surface area contributed by atoms with Crippen LogP contribution in [0.5, 0.6) is 5.75 Å². The maximum absolute atomic E-state index is 14.0. The van der Waals surface area contributed by atoms with Crippen molar-refractivity contribution in [1.29, 1.82) is 0 Å². The van der Waals surface area contributed by atoms with Crippen molar-refractivity contribution in [3.05, 3.63) is 113 Å². The fourth-order valence-corrected chi connectivity index (χ4v) is 5.06. The lowest BCUT2D eigenvalue weighted by Gasteiger charge is -2.31. The van der Waals surface area contributed by atoms with Crippen LogP contribution in [0, 0.1) is 19.8 Å². The second-order valence-electron chi connectivity index (χ2n) is 10.2. The summed E-state index contributed by atoms with van der Waals surface area (Å²) in [5.41, 5.74) is 4.80. The number of hydrogen-bond donors (Lipinski definition) is 3. The van der Waals surface area contributed by atoms with Crippen molar-refractivity contribution in [1.82, 2.24) is 0 Å². The Balaban J connectivity index is 1.55. The monoisotopic (exact) mass is 591 g/mol. The molecule has 0 fully saturated rings. The Morgan fingerprint density at radius 3 is 2.40 bits per heavy atom. The van der Waals surface area contributed by atoms with Crippen molar-refractivity contribution < 1.29 is 37.4 Å². The average Bonchev–Trinajstić information content (AvgIpc) is 3.12. The molecule has 0 saturated heterocycles. The van der Waals surface area contributed by atoms with Crippen molar-refractivity contribution in [2.24, 2.45) is 11.0 Å². The molecular weight excluding hydrogens is 566 g/mol. The topological polar surface area (TPSA) is 102 Å². The van der Waals surface area contributed by atoms with Gasteiger partial charge in [-0.2, -0.15) is 18.3 Å². The normalized spacial score (nSPS) is 17.7. The molecule has 1 heterocycles. The quantitative estimate of drug-likeness (QED) is 0.163. The summed E-state index contributed by atoms with van der Waals surface area (Å²) >= 11 is 0. The number of alkyl halides is 3. The van der Waals surface area contributed by atoms with E-state index in [1.54, 1.807) is 18.2 Å². The summed E-state index contributed by atoms with van der Waals surface area (Å²) in [5.74, 6) is -4.13. The number of anilines is 3. The average molecular weight is 592 g/mol. The molecule has 11 heteroatoms. The highest BCUT2D eigenvalue weighted by Gasteiger charge is 2.36. The molecule has 0 saturated carbocycles. The van der Waals surface area contributed by atoms with E-state index < -0.39 is 35.4 Å². The zero-order chi connectivity index (χ0) is 31.1. The molecule has 0 bridgehead atoms. The summed E-state index contributed by atoms with van der Waals surface area (Å²) in [6, 6.07) is 12.9. The zero-order valence-electron chi connectivity index (χ0n) is 22.9. The molecule has 3 aromatic rings. The van der Waals surface area contributed by atoms with E-state index in [2.05, 4.69) is 10.5 Å². The molecule has 0 spiro atoms. The number of carboxylic acids is 1. The molecule has 3 N–H and O–H groups in total. The van der Waals surface area contributed by atoms with Gasteiger partial charge in [0, 0.05) is 16.8 Å². The zero-order valence-corrected chi connectivity index (χ0v) is 22.9. The fraction of sp³-hybridized carbons (Fsp3) is 0.156. The van der Waals surface area contributed by atoms with Gasteiger partial charge >= 0.3 is 12.1 Å². The van der Waals surface area contributed by atoms with Gasteiger partial charge in [0.15, 0.2) is 0 Å². The second-order valence-corrected chi connectivity index (χ2v) is 10.2. The van der Waals surface area contributed by atoms with E-state index >= 15 is 0 Å². The molecule has 1 amide bonds. The number of nitrogens with zero attached hydrogens (tertiary/aromatic N) is 2. The number of fused-ring (bicyclic) bond motifs is 1. The predicted octanol–water partition coefficient (Wildman–Crippen LogP) is 7.42. The molecule has 43 heavy (non-hydrogen) atoms. The lowest BCUT2D eigenvalue weighted by molar-refractivity contribution is -0.139. The van der Waals surface area contributed by atoms with E-state index in [9.17, 15) is 37.4 Å². The summed E-state index contributed by atoms with van der Waals surface area (Å²) in [5, 5.41) is 24.7. The number of halogens is 4. The second kappa shape index (κ2) is 11.2. The Kier molecular flexibility index (Phi) is 7.66. The maximum Gasteiger partial charge on any atom is 0.416 e. The third-order valence-electron chi connectivity index (χ3n) is 6.97. The lowest BCUT2D eigenvalue weighted by atomic mass is 9.95. The number of carbonyl (C=O) groups is 2. The van der Waals surface area contributed by atoms with Gasteiger partial charge in [0.05, 0.1) is 35.0 Å². The van der Waals surface area contributed by atoms with E-state index in [-0.39, 0.29) is 46.0 Å². The summed E-state index contributed by atoms with van der Waals surface area (Å²) < 4.78 is 55.0. The van der Waals surface area contributed by atoms with Gasteiger partial charge in [0.25, 0.3) is 0 Å². The number of carbonyl (C=O) groups excluding carboxylic acids is 1. The Hall–Kier alpha value is -5.19. The van der Waals surface area contributed by atoms with Gasteiger partial charge in [-0.1, -0.05) is 36.4 Å². The van der Waals surface area contributed by atoms with E-state index in [1.807, 2.05) is 19.9 Å². The Labute approximate surface area is 243 Å². The van der Waals surface area contributed by atoms with Gasteiger partial charge in [-0.15, -0.1) is 0 Å². The number of hydrazone groups is 1. The number of aromatic hydroxyl groups is 1. The van der Waals surface area contributed by atoms with Gasteiger partial charge in [-0.25, -0.2) is 4.39 Å². The van der Waals surface area contributed by atoms with Crippen molar-refractivity contribution in [2.45, 2.75) is 26.4 Å². The first-order valence-corrected chi connectivity index (χ1v) is 13.1. The highest BCUT2D eigenvalue weighted by Crippen LogP contribution is 2.40. The number of rotatable bonds is 5. The molecule has 220 valence electrons. The minimum absolute atomic E-state index is 0.0117. The highest BCUT2D eigenvalue weighted by atomic mass is 19.4. The smallest absolute Gasteiger partial charge is 0.416 e. The van der Waals surface area contributed by atoms with E-state index in [4.69, 9.17) is 0 Å². The van der Waals surface area contributed by atoms with Gasteiger partial charge in [-0.3, -0.25) is 19.9 Å². The largest absolute Gasteiger partial charge is 0.505 e. The minimum atomic E-state index is -4.65. The number of phenolic OH excluding ortho intramolecular Hbond substituents is 1. The van der Waals surface area contributed by atoms with Crippen LogP contribution in [0.25, 0.3) is 5.57 Å². The Morgan fingerprint density at radius 1 is 1.00 bits per heavy atom. The van der Waals surface area contributed by atoms with Crippen LogP contribution in [0.3, 0.4) is 0 Å². The summed E-state index contributed by atoms with van der Waals surface area (Å²) in [6.07, 6.45) is -0.278. The molecule has 2 aliphatic rings. The molecule has 0 radical (unpaired) electrons. The van der Waals surface area contributed by atoms with Crippen molar-refractivity contribution in [3.8, 4) is 5.75 Å². The summed E-state index contributed by atoms with van der Waals surface area (Å²) in [7, 11) is 0. The third kappa shape index (κ3) is 6.06. The van der Waals surface area contributed by atoms with Crippen LogP contribution in [-0.4, -0.2) is 27.8 Å². The maximum atomic E-state index is 14.0. The number of phenols is 1. The number of hydrogen-bond acceptors (Lipinski definition) is 5. The van der Waals surface area contributed by atoms with Gasteiger partial charge in [0.1, 0.15) is 11.6 Å². The Bertz CT molecular complexity index is 1750. The van der Waals surface area contributed by atoms with Gasteiger partial charge in [0.2, 0.25) is 5.91 Å². The fourth-order valence-electron chi connectivity index (χ4n) is 5.06. The first-order chi connectivity index (χ1) is 20.3. The van der Waals surface area contributed by atoms with E-state index in [0.29, 0.717) is 5.69 Å². The predicted molar refractivity (Wildman–Crippen MR) is 155 cm³/mol. The molecule has 7 nitrogen and oxygen atoms in total. The number of benzene rings is 3. The molecule has 5 rings (SSSR count). The number of carboxylic acid groups (broad SMARTS) is 1. The molecule has 1 unspecified atom stereocenters. The Morgan fingerprint density at radius 2 is 1.72 bits per heavy atom. The minimum Gasteiger partial charge on any atom is -0.505 e. The van der Waals surface area contributed by atoms with Crippen LogP contribution in [-0.2, 0) is 15.8 Å². The van der Waals surface area contributed by atoms with Crippen molar-refractivity contribution in [2.75, 3.05) is 10.3 Å². The van der Waals surface area contributed by atoms with Crippen molar-refractivity contribution in [3.63, 3.8) is 0 Å². The van der Waals surface area contributed by atoms with Crippen LogP contribution in [0.15, 0.2) is 89.8 Å². The van der Waals surface area contributed by atoms with E-state index in [0.717, 1.165) is 35.4 Å². The molecule has 0 aromatic heterocycles. The number of aryl methyl sites for hydroxylation is 2. The molecule has 1 atom stereocenters. The van der Waals surface area contributed by atoms with Gasteiger partial charge < -0.3 is 10.2 Å².